The van der Waals surface area contributed by atoms with Crippen molar-refractivity contribution in [3.05, 3.63) is 17.6 Å². The van der Waals surface area contributed by atoms with E-state index >= 15 is 0 Å². The molecule has 1 aromatic rings. The van der Waals surface area contributed by atoms with Gasteiger partial charge in [0.05, 0.1) is 5.60 Å². The molecular formula is C14H23N3O. The Morgan fingerprint density at radius 2 is 2.06 bits per heavy atom. The normalized spacial score (nSPS) is 18.6. The van der Waals surface area contributed by atoms with Gasteiger partial charge in [0.25, 0.3) is 0 Å². The fourth-order valence-corrected chi connectivity index (χ4v) is 2.25. The molecule has 1 aliphatic carbocycles. The quantitative estimate of drug-likeness (QED) is 0.804. The van der Waals surface area contributed by atoms with Crippen molar-refractivity contribution in [2.24, 2.45) is 0 Å². The SMILES string of the molecule is CCC(C)(O)CNc1ncnc2c1CCCCC2. The maximum Gasteiger partial charge on any atom is 0.132 e. The molecular weight excluding hydrogens is 226 g/mol. The summed E-state index contributed by atoms with van der Waals surface area (Å²) in [5, 5.41) is 13.3. The van der Waals surface area contributed by atoms with Crippen molar-refractivity contribution in [3.63, 3.8) is 0 Å². The van der Waals surface area contributed by atoms with Crippen molar-refractivity contribution < 1.29 is 5.11 Å². The van der Waals surface area contributed by atoms with Crippen LogP contribution in [0.25, 0.3) is 0 Å². The summed E-state index contributed by atoms with van der Waals surface area (Å²) in [4.78, 5) is 8.73. The van der Waals surface area contributed by atoms with Crippen molar-refractivity contribution in [1.29, 1.82) is 0 Å². The lowest BCUT2D eigenvalue weighted by Gasteiger charge is -2.23. The van der Waals surface area contributed by atoms with Gasteiger partial charge in [-0.1, -0.05) is 13.3 Å². The van der Waals surface area contributed by atoms with E-state index in [2.05, 4.69) is 15.3 Å². The topological polar surface area (TPSA) is 58.0 Å². The first kappa shape index (κ1) is 13.3. The third kappa shape index (κ3) is 3.19. The minimum absolute atomic E-state index is 0.535. The van der Waals surface area contributed by atoms with Gasteiger partial charge in [-0.3, -0.25) is 0 Å². The second-order valence-electron chi connectivity index (χ2n) is 5.41. The second kappa shape index (κ2) is 5.65. The Morgan fingerprint density at radius 1 is 1.28 bits per heavy atom. The summed E-state index contributed by atoms with van der Waals surface area (Å²) in [5.41, 5.74) is 1.76. The average Bonchev–Trinajstić information content (AvgIpc) is 2.62. The number of aromatic nitrogens is 2. The maximum atomic E-state index is 10.0. The van der Waals surface area contributed by atoms with Crippen LogP contribution >= 0.6 is 0 Å². The summed E-state index contributed by atoms with van der Waals surface area (Å²) < 4.78 is 0. The molecule has 0 saturated heterocycles. The molecule has 2 rings (SSSR count). The molecule has 1 atom stereocenters. The van der Waals surface area contributed by atoms with E-state index in [0.29, 0.717) is 6.54 Å². The Kier molecular flexibility index (Phi) is 4.17. The van der Waals surface area contributed by atoms with Gasteiger partial charge in [-0.05, 0) is 39.0 Å². The third-order valence-corrected chi connectivity index (χ3v) is 3.77. The molecule has 18 heavy (non-hydrogen) atoms. The Bertz CT molecular complexity index is 404. The van der Waals surface area contributed by atoms with Gasteiger partial charge in [-0.2, -0.15) is 0 Å². The highest BCUT2D eigenvalue weighted by molar-refractivity contribution is 5.46. The molecule has 0 spiro atoms. The summed E-state index contributed by atoms with van der Waals surface area (Å²) in [5.74, 6) is 0.913. The summed E-state index contributed by atoms with van der Waals surface area (Å²) in [6.45, 7) is 4.37. The van der Waals surface area contributed by atoms with Crippen LogP contribution in [-0.4, -0.2) is 27.2 Å². The van der Waals surface area contributed by atoms with Gasteiger partial charge >= 0.3 is 0 Å². The Morgan fingerprint density at radius 3 is 2.83 bits per heavy atom. The fourth-order valence-electron chi connectivity index (χ4n) is 2.25. The van der Waals surface area contributed by atoms with Crippen molar-refractivity contribution >= 4 is 5.82 Å². The number of fused-ring (bicyclic) bond motifs is 1. The lowest BCUT2D eigenvalue weighted by molar-refractivity contribution is 0.0696. The molecule has 0 fully saturated rings. The minimum atomic E-state index is -0.678. The van der Waals surface area contributed by atoms with Gasteiger partial charge in [-0.25, -0.2) is 9.97 Å². The molecule has 4 heteroatoms. The first-order chi connectivity index (χ1) is 8.62. The maximum absolute atomic E-state index is 10.0. The predicted octanol–water partition coefficient (Wildman–Crippen LogP) is 2.32. The highest BCUT2D eigenvalue weighted by Crippen LogP contribution is 2.24. The van der Waals surface area contributed by atoms with Crippen LogP contribution in [0.5, 0.6) is 0 Å². The highest BCUT2D eigenvalue weighted by Gasteiger charge is 2.19. The number of hydrogen-bond donors (Lipinski definition) is 2. The van der Waals surface area contributed by atoms with Gasteiger partial charge in [0, 0.05) is 17.8 Å². The molecule has 0 radical (unpaired) electrons. The van der Waals surface area contributed by atoms with Crippen LogP contribution < -0.4 is 5.32 Å². The molecule has 0 bridgehead atoms. The van der Waals surface area contributed by atoms with Crippen LogP contribution in [0.1, 0.15) is 50.8 Å². The predicted molar refractivity (Wildman–Crippen MR) is 72.7 cm³/mol. The monoisotopic (exact) mass is 249 g/mol. The number of aryl methyl sites for hydroxylation is 1. The van der Waals surface area contributed by atoms with Crippen molar-refractivity contribution in [3.8, 4) is 0 Å². The van der Waals surface area contributed by atoms with Gasteiger partial charge in [0.15, 0.2) is 0 Å². The van der Waals surface area contributed by atoms with Crippen LogP contribution in [0, 0.1) is 0 Å². The summed E-state index contributed by atoms with van der Waals surface area (Å²) in [7, 11) is 0. The van der Waals surface area contributed by atoms with Crippen LogP contribution in [0.2, 0.25) is 0 Å². The number of nitrogens with one attached hydrogen (secondary N) is 1. The molecule has 100 valence electrons. The van der Waals surface area contributed by atoms with Crippen molar-refractivity contribution in [2.45, 2.75) is 58.0 Å². The molecule has 2 N–H and O–H groups in total. The second-order valence-corrected chi connectivity index (χ2v) is 5.41. The van der Waals surface area contributed by atoms with E-state index in [4.69, 9.17) is 0 Å². The molecule has 0 aromatic carbocycles. The highest BCUT2D eigenvalue weighted by atomic mass is 16.3. The van der Waals surface area contributed by atoms with E-state index in [9.17, 15) is 5.11 Å². The zero-order valence-corrected chi connectivity index (χ0v) is 11.4. The fraction of sp³-hybridized carbons (Fsp3) is 0.714. The van der Waals surface area contributed by atoms with Crippen LogP contribution in [0.3, 0.4) is 0 Å². The number of rotatable bonds is 4. The van der Waals surface area contributed by atoms with Crippen LogP contribution in [-0.2, 0) is 12.8 Å². The summed E-state index contributed by atoms with van der Waals surface area (Å²) in [6, 6.07) is 0. The minimum Gasteiger partial charge on any atom is -0.388 e. The standard InChI is InChI=1S/C14H23N3O/c1-3-14(2,18)9-15-13-11-7-5-4-6-8-12(11)16-10-17-13/h10,18H,3-9H2,1-2H3,(H,15,16,17). The molecule has 0 saturated carbocycles. The average molecular weight is 249 g/mol. The van der Waals surface area contributed by atoms with Crippen molar-refractivity contribution in [1.82, 2.24) is 9.97 Å². The van der Waals surface area contributed by atoms with E-state index in [1.165, 1.54) is 30.5 Å². The molecule has 1 unspecified atom stereocenters. The smallest absolute Gasteiger partial charge is 0.132 e. The Hall–Kier alpha value is -1.16. The molecule has 0 amide bonds. The Labute approximate surface area is 109 Å². The van der Waals surface area contributed by atoms with Gasteiger partial charge in [-0.15, -0.1) is 0 Å². The zero-order chi connectivity index (χ0) is 13.0. The summed E-state index contributed by atoms with van der Waals surface area (Å²) >= 11 is 0. The number of aliphatic hydroxyl groups is 1. The largest absolute Gasteiger partial charge is 0.388 e. The van der Waals surface area contributed by atoms with E-state index in [1.807, 2.05) is 13.8 Å². The molecule has 1 heterocycles. The molecule has 4 nitrogen and oxygen atoms in total. The van der Waals surface area contributed by atoms with Crippen LogP contribution in [0.15, 0.2) is 6.33 Å². The Balaban J connectivity index is 2.13. The zero-order valence-electron chi connectivity index (χ0n) is 11.4. The molecule has 0 aliphatic heterocycles. The van der Waals surface area contributed by atoms with Crippen molar-refractivity contribution in [2.75, 3.05) is 11.9 Å². The van der Waals surface area contributed by atoms with E-state index in [-0.39, 0.29) is 0 Å². The van der Waals surface area contributed by atoms with Gasteiger partial charge in [0.1, 0.15) is 12.1 Å². The first-order valence-electron chi connectivity index (χ1n) is 6.91. The lowest BCUT2D eigenvalue weighted by Crippen LogP contribution is -2.33. The summed E-state index contributed by atoms with van der Waals surface area (Å²) in [6.07, 6.45) is 8.15. The third-order valence-electron chi connectivity index (χ3n) is 3.77. The lowest BCUT2D eigenvalue weighted by atomic mass is 10.0. The van der Waals surface area contributed by atoms with E-state index < -0.39 is 5.60 Å². The van der Waals surface area contributed by atoms with Gasteiger partial charge < -0.3 is 10.4 Å². The van der Waals surface area contributed by atoms with Crippen LogP contribution in [0.4, 0.5) is 5.82 Å². The number of nitrogens with zero attached hydrogens (tertiary/aromatic N) is 2. The number of anilines is 1. The number of hydrogen-bond acceptors (Lipinski definition) is 4. The van der Waals surface area contributed by atoms with Gasteiger partial charge in [0.2, 0.25) is 0 Å². The molecule has 1 aliphatic rings. The first-order valence-corrected chi connectivity index (χ1v) is 6.91. The molecule has 1 aromatic heterocycles. The van der Waals surface area contributed by atoms with E-state index in [0.717, 1.165) is 25.1 Å². The van der Waals surface area contributed by atoms with E-state index in [1.54, 1.807) is 6.33 Å².